The molecule has 0 saturated heterocycles. The van der Waals surface area contributed by atoms with Gasteiger partial charge >= 0.3 is 0 Å². The van der Waals surface area contributed by atoms with Gasteiger partial charge in [0.25, 0.3) is 10.0 Å². The van der Waals surface area contributed by atoms with Gasteiger partial charge in [0.2, 0.25) is 5.91 Å². The molecule has 0 bridgehead atoms. The van der Waals surface area contributed by atoms with E-state index in [1.807, 2.05) is 32.0 Å². The maximum Gasteiger partial charge on any atom is 0.286 e. The predicted octanol–water partition coefficient (Wildman–Crippen LogP) is 2.84. The molecule has 0 saturated carbocycles. The van der Waals surface area contributed by atoms with Crippen LogP contribution in [0.25, 0.3) is 0 Å². The average Bonchev–Trinajstić information content (AvgIpc) is 2.50. The van der Waals surface area contributed by atoms with Gasteiger partial charge in [0.05, 0.1) is 12.1 Å². The summed E-state index contributed by atoms with van der Waals surface area (Å²) >= 11 is 0. The Kier molecular flexibility index (Phi) is 4.11. The van der Waals surface area contributed by atoms with Crippen molar-refractivity contribution in [2.45, 2.75) is 25.2 Å². The maximum atomic E-state index is 12.2. The molecular formula is C17H17N3O3S. The first kappa shape index (κ1) is 16.2. The van der Waals surface area contributed by atoms with Gasteiger partial charge in [0.1, 0.15) is 10.7 Å². The van der Waals surface area contributed by atoms with E-state index in [1.54, 1.807) is 18.2 Å². The topological polar surface area (TPSA) is 87.6 Å². The van der Waals surface area contributed by atoms with E-state index in [2.05, 4.69) is 15.0 Å². The van der Waals surface area contributed by atoms with Crippen LogP contribution in [0.3, 0.4) is 0 Å². The van der Waals surface area contributed by atoms with Crippen molar-refractivity contribution >= 4 is 33.1 Å². The standard InChI is InChI=1S/C17H17N3O3S/c1-11-7-8-13(9-12(11)2)18-17(21)10-16-19-14-5-3-4-6-15(14)24(22,23)20-16/h3-9H,10H2,1-2H3,(H,18,21)(H,19,20). The number of benzene rings is 2. The van der Waals surface area contributed by atoms with E-state index < -0.39 is 10.0 Å². The number of fused-ring (bicyclic) bond motifs is 1. The van der Waals surface area contributed by atoms with Crippen LogP contribution in [0.4, 0.5) is 11.4 Å². The molecule has 2 aromatic rings. The van der Waals surface area contributed by atoms with Crippen LogP contribution in [0, 0.1) is 13.8 Å². The summed E-state index contributed by atoms with van der Waals surface area (Å²) in [5, 5.41) is 5.65. The molecule has 1 amide bonds. The molecule has 2 aromatic carbocycles. The fraction of sp³-hybridized carbons (Fsp3) is 0.176. The Morgan fingerprint density at radius 1 is 1.12 bits per heavy atom. The van der Waals surface area contributed by atoms with Gasteiger partial charge in [0, 0.05) is 5.69 Å². The van der Waals surface area contributed by atoms with Gasteiger partial charge in [-0.25, -0.2) is 0 Å². The molecule has 2 N–H and O–H groups in total. The zero-order valence-electron chi connectivity index (χ0n) is 13.3. The van der Waals surface area contributed by atoms with Gasteiger partial charge in [-0.05, 0) is 49.2 Å². The summed E-state index contributed by atoms with van der Waals surface area (Å²) in [4.78, 5) is 12.3. The Hall–Kier alpha value is -2.67. The number of carbonyl (C=O) groups is 1. The van der Waals surface area contributed by atoms with Crippen LogP contribution in [0.2, 0.25) is 0 Å². The van der Waals surface area contributed by atoms with Crippen LogP contribution in [0.15, 0.2) is 51.8 Å². The molecular weight excluding hydrogens is 326 g/mol. The normalized spacial score (nSPS) is 15.0. The number of nitrogens with zero attached hydrogens (tertiary/aromatic N) is 1. The van der Waals surface area contributed by atoms with Crippen molar-refractivity contribution in [1.82, 2.24) is 0 Å². The highest BCUT2D eigenvalue weighted by molar-refractivity contribution is 7.90. The SMILES string of the molecule is Cc1ccc(NC(=O)CC2=NS(=O)(=O)c3ccccc3N2)cc1C. The highest BCUT2D eigenvalue weighted by atomic mass is 32.2. The smallest absolute Gasteiger partial charge is 0.286 e. The number of nitrogens with one attached hydrogen (secondary N) is 2. The fourth-order valence-electron chi connectivity index (χ4n) is 2.42. The van der Waals surface area contributed by atoms with Crippen molar-refractivity contribution in [2.24, 2.45) is 4.40 Å². The first-order chi connectivity index (χ1) is 11.3. The molecule has 24 heavy (non-hydrogen) atoms. The van der Waals surface area contributed by atoms with Gasteiger partial charge in [0.15, 0.2) is 0 Å². The van der Waals surface area contributed by atoms with E-state index in [0.717, 1.165) is 11.1 Å². The van der Waals surface area contributed by atoms with Gasteiger partial charge in [-0.15, -0.1) is 4.40 Å². The first-order valence-electron chi connectivity index (χ1n) is 7.42. The minimum Gasteiger partial charge on any atom is -0.341 e. The monoisotopic (exact) mass is 343 g/mol. The van der Waals surface area contributed by atoms with Crippen LogP contribution in [0.1, 0.15) is 17.5 Å². The number of rotatable bonds is 3. The molecule has 0 aliphatic carbocycles. The largest absolute Gasteiger partial charge is 0.341 e. The second-order valence-corrected chi connectivity index (χ2v) is 7.23. The summed E-state index contributed by atoms with van der Waals surface area (Å²) in [5.41, 5.74) is 3.30. The minimum absolute atomic E-state index is 0.107. The Balaban J connectivity index is 1.76. The molecule has 1 aliphatic rings. The second kappa shape index (κ2) is 6.09. The number of hydrogen-bond acceptors (Lipinski definition) is 4. The van der Waals surface area contributed by atoms with E-state index in [1.165, 1.54) is 6.07 Å². The molecule has 1 heterocycles. The lowest BCUT2D eigenvalue weighted by molar-refractivity contribution is -0.115. The summed E-state index contributed by atoms with van der Waals surface area (Å²) in [5.74, 6) is -0.228. The number of amidine groups is 1. The van der Waals surface area contributed by atoms with E-state index in [0.29, 0.717) is 11.4 Å². The van der Waals surface area contributed by atoms with Gasteiger partial charge in [-0.3, -0.25) is 4.79 Å². The van der Waals surface area contributed by atoms with Crippen LogP contribution in [-0.4, -0.2) is 20.2 Å². The van der Waals surface area contributed by atoms with Crippen molar-refractivity contribution in [3.63, 3.8) is 0 Å². The van der Waals surface area contributed by atoms with Crippen molar-refractivity contribution in [3.8, 4) is 0 Å². The highest BCUT2D eigenvalue weighted by Gasteiger charge is 2.25. The molecule has 7 heteroatoms. The number of para-hydroxylation sites is 1. The van der Waals surface area contributed by atoms with E-state index in [9.17, 15) is 13.2 Å². The Labute approximate surface area is 140 Å². The third kappa shape index (κ3) is 3.30. The summed E-state index contributed by atoms with van der Waals surface area (Å²) in [6.45, 7) is 3.95. The predicted molar refractivity (Wildman–Crippen MR) is 93.8 cm³/mol. The number of aryl methyl sites for hydroxylation is 2. The van der Waals surface area contributed by atoms with Gasteiger partial charge in [-0.2, -0.15) is 8.42 Å². The van der Waals surface area contributed by atoms with Crippen molar-refractivity contribution in [2.75, 3.05) is 10.6 Å². The van der Waals surface area contributed by atoms with Crippen molar-refractivity contribution in [1.29, 1.82) is 0 Å². The lowest BCUT2D eigenvalue weighted by Gasteiger charge is -2.17. The molecule has 1 aliphatic heterocycles. The van der Waals surface area contributed by atoms with E-state index >= 15 is 0 Å². The number of sulfonamides is 1. The molecule has 0 atom stereocenters. The fourth-order valence-corrected chi connectivity index (χ4v) is 3.57. The van der Waals surface area contributed by atoms with Crippen molar-refractivity contribution < 1.29 is 13.2 Å². The Morgan fingerprint density at radius 2 is 1.88 bits per heavy atom. The molecule has 0 radical (unpaired) electrons. The lowest BCUT2D eigenvalue weighted by Crippen LogP contribution is -2.26. The van der Waals surface area contributed by atoms with E-state index in [4.69, 9.17) is 0 Å². The van der Waals surface area contributed by atoms with Crippen LogP contribution >= 0.6 is 0 Å². The summed E-state index contributed by atoms with van der Waals surface area (Å²) < 4.78 is 28.0. The third-order valence-corrected chi connectivity index (χ3v) is 5.17. The number of amides is 1. The molecule has 0 unspecified atom stereocenters. The average molecular weight is 343 g/mol. The molecule has 6 nitrogen and oxygen atoms in total. The van der Waals surface area contributed by atoms with Crippen molar-refractivity contribution in [3.05, 3.63) is 53.6 Å². The first-order valence-corrected chi connectivity index (χ1v) is 8.86. The minimum atomic E-state index is -3.78. The molecule has 0 aromatic heterocycles. The summed E-state index contributed by atoms with van der Waals surface area (Å²) in [6, 6.07) is 12.1. The zero-order chi connectivity index (χ0) is 17.3. The Morgan fingerprint density at radius 3 is 2.62 bits per heavy atom. The third-order valence-electron chi connectivity index (χ3n) is 3.79. The van der Waals surface area contributed by atoms with E-state index in [-0.39, 0.29) is 23.1 Å². The number of anilines is 2. The summed E-state index contributed by atoms with van der Waals surface area (Å²) in [7, 11) is -3.78. The number of hydrogen-bond donors (Lipinski definition) is 2. The Bertz CT molecular complexity index is 949. The zero-order valence-corrected chi connectivity index (χ0v) is 14.1. The molecule has 0 fully saturated rings. The quantitative estimate of drug-likeness (QED) is 0.897. The summed E-state index contributed by atoms with van der Waals surface area (Å²) in [6.07, 6.45) is -0.152. The van der Waals surface area contributed by atoms with Gasteiger partial charge in [-0.1, -0.05) is 18.2 Å². The van der Waals surface area contributed by atoms with Gasteiger partial charge < -0.3 is 10.6 Å². The van der Waals surface area contributed by atoms with Crippen LogP contribution in [0.5, 0.6) is 0 Å². The molecule has 0 spiro atoms. The van der Waals surface area contributed by atoms with Crippen LogP contribution < -0.4 is 10.6 Å². The molecule has 124 valence electrons. The lowest BCUT2D eigenvalue weighted by atomic mass is 10.1. The second-order valence-electron chi connectivity index (χ2n) is 5.66. The molecule has 3 rings (SSSR count). The highest BCUT2D eigenvalue weighted by Crippen LogP contribution is 2.27. The maximum absolute atomic E-state index is 12.2. The van der Waals surface area contributed by atoms with Crippen LogP contribution in [-0.2, 0) is 14.8 Å². The number of carbonyl (C=O) groups excluding carboxylic acids is 1.